The maximum absolute atomic E-state index is 12.6. The summed E-state index contributed by atoms with van der Waals surface area (Å²) in [6.07, 6.45) is 4.69. The van der Waals surface area contributed by atoms with Crippen molar-refractivity contribution in [1.82, 2.24) is 9.88 Å². The van der Waals surface area contributed by atoms with Crippen molar-refractivity contribution in [2.24, 2.45) is 5.41 Å². The topological polar surface area (TPSA) is 53.5 Å². The molecular weight excluding hydrogens is 310 g/mol. The van der Waals surface area contributed by atoms with Crippen molar-refractivity contribution >= 4 is 28.8 Å². The molecule has 0 aliphatic carbocycles. The predicted octanol–water partition coefficient (Wildman–Crippen LogP) is 2.41. The van der Waals surface area contributed by atoms with Crippen LogP contribution in [0, 0.1) is 5.41 Å². The molecule has 0 aromatic carbocycles. The lowest BCUT2D eigenvalue weighted by Crippen LogP contribution is -2.34. The zero-order valence-corrected chi connectivity index (χ0v) is 13.5. The van der Waals surface area contributed by atoms with Gasteiger partial charge in [-0.2, -0.15) is 11.3 Å². The van der Waals surface area contributed by atoms with Crippen LogP contribution in [-0.4, -0.2) is 41.3 Å². The van der Waals surface area contributed by atoms with Gasteiger partial charge in [-0.25, -0.2) is 0 Å². The molecule has 23 heavy (non-hydrogen) atoms. The van der Waals surface area contributed by atoms with E-state index in [1.54, 1.807) is 35.9 Å². The number of carbonyl (C=O) groups is 2. The molecule has 118 valence electrons. The van der Waals surface area contributed by atoms with E-state index in [0.29, 0.717) is 31.6 Å². The Morgan fingerprint density at radius 1 is 1.22 bits per heavy atom. The molecule has 2 aliphatic heterocycles. The number of rotatable bonds is 2. The van der Waals surface area contributed by atoms with E-state index in [2.05, 4.69) is 4.98 Å². The molecular formula is C17H17N3O2S. The minimum atomic E-state index is -0.0955. The highest BCUT2D eigenvalue weighted by molar-refractivity contribution is 7.08. The third-order valence-corrected chi connectivity index (χ3v) is 5.46. The molecule has 2 saturated heterocycles. The van der Waals surface area contributed by atoms with E-state index in [9.17, 15) is 9.59 Å². The van der Waals surface area contributed by atoms with Gasteiger partial charge in [0.05, 0.1) is 5.69 Å². The Morgan fingerprint density at radius 2 is 2.04 bits per heavy atom. The second-order valence-electron chi connectivity index (χ2n) is 6.35. The summed E-state index contributed by atoms with van der Waals surface area (Å²) in [7, 11) is 0. The number of hydrogen-bond acceptors (Lipinski definition) is 4. The summed E-state index contributed by atoms with van der Waals surface area (Å²) in [5.41, 5.74) is 1.55. The Balaban J connectivity index is 1.50. The highest BCUT2D eigenvalue weighted by atomic mass is 32.1. The standard InChI is InChI=1S/C17H17N3O2S/c21-15-9-17(12-20(15)14-3-8-23-10-14)4-7-19(11-17)16(22)13-1-5-18-6-2-13/h1-3,5-6,8,10H,4,7,9,11-12H2/t17-/m1/s1. The van der Waals surface area contributed by atoms with E-state index in [-0.39, 0.29) is 17.2 Å². The number of carbonyl (C=O) groups excluding carboxylic acids is 2. The lowest BCUT2D eigenvalue weighted by atomic mass is 9.86. The first-order chi connectivity index (χ1) is 11.2. The Labute approximate surface area is 138 Å². The summed E-state index contributed by atoms with van der Waals surface area (Å²) in [5, 5.41) is 3.99. The number of pyridine rings is 1. The van der Waals surface area contributed by atoms with Crippen molar-refractivity contribution in [2.45, 2.75) is 12.8 Å². The van der Waals surface area contributed by atoms with Crippen LogP contribution in [0.1, 0.15) is 23.2 Å². The molecule has 2 fully saturated rings. The van der Waals surface area contributed by atoms with Gasteiger partial charge in [0.1, 0.15) is 0 Å². The molecule has 2 aliphatic rings. The van der Waals surface area contributed by atoms with Crippen molar-refractivity contribution in [1.29, 1.82) is 0 Å². The molecule has 4 heterocycles. The first-order valence-corrected chi connectivity index (χ1v) is 8.63. The first-order valence-electron chi connectivity index (χ1n) is 7.69. The third kappa shape index (κ3) is 2.53. The lowest BCUT2D eigenvalue weighted by molar-refractivity contribution is -0.117. The summed E-state index contributed by atoms with van der Waals surface area (Å²) in [6, 6.07) is 5.46. The molecule has 1 spiro atoms. The fourth-order valence-electron chi connectivity index (χ4n) is 3.60. The zero-order valence-electron chi connectivity index (χ0n) is 12.6. The highest BCUT2D eigenvalue weighted by Gasteiger charge is 2.48. The summed E-state index contributed by atoms with van der Waals surface area (Å²) in [4.78, 5) is 32.7. The number of anilines is 1. The smallest absolute Gasteiger partial charge is 0.253 e. The third-order valence-electron chi connectivity index (χ3n) is 4.79. The largest absolute Gasteiger partial charge is 0.338 e. The van der Waals surface area contributed by atoms with Crippen molar-refractivity contribution < 1.29 is 9.59 Å². The number of aromatic nitrogens is 1. The Morgan fingerprint density at radius 3 is 2.78 bits per heavy atom. The second kappa shape index (κ2) is 5.45. The Hall–Kier alpha value is -2.21. The quantitative estimate of drug-likeness (QED) is 0.851. The second-order valence-corrected chi connectivity index (χ2v) is 7.13. The van der Waals surface area contributed by atoms with E-state index in [0.717, 1.165) is 12.1 Å². The van der Waals surface area contributed by atoms with Gasteiger partial charge in [0, 0.05) is 54.8 Å². The maximum atomic E-state index is 12.6. The number of likely N-dealkylation sites (tertiary alicyclic amines) is 1. The monoisotopic (exact) mass is 327 g/mol. The van der Waals surface area contributed by atoms with Crippen LogP contribution in [0.4, 0.5) is 5.69 Å². The molecule has 2 aromatic heterocycles. The van der Waals surface area contributed by atoms with Crippen LogP contribution < -0.4 is 4.90 Å². The van der Waals surface area contributed by atoms with Crippen LogP contribution in [0.5, 0.6) is 0 Å². The minimum Gasteiger partial charge on any atom is -0.338 e. The highest BCUT2D eigenvalue weighted by Crippen LogP contribution is 2.42. The van der Waals surface area contributed by atoms with Crippen molar-refractivity contribution in [2.75, 3.05) is 24.5 Å². The lowest BCUT2D eigenvalue weighted by Gasteiger charge is -2.23. The Kier molecular flexibility index (Phi) is 3.41. The number of amides is 2. The molecule has 6 heteroatoms. The molecule has 0 unspecified atom stereocenters. The van der Waals surface area contributed by atoms with E-state index in [4.69, 9.17) is 0 Å². The van der Waals surface area contributed by atoms with E-state index < -0.39 is 0 Å². The average molecular weight is 327 g/mol. The van der Waals surface area contributed by atoms with Crippen LogP contribution in [0.2, 0.25) is 0 Å². The van der Waals surface area contributed by atoms with Gasteiger partial charge < -0.3 is 9.80 Å². The number of hydrogen-bond donors (Lipinski definition) is 0. The average Bonchev–Trinajstić information content (AvgIpc) is 3.29. The molecule has 0 N–H and O–H groups in total. The van der Waals surface area contributed by atoms with Crippen molar-refractivity contribution in [3.63, 3.8) is 0 Å². The van der Waals surface area contributed by atoms with Crippen molar-refractivity contribution in [3.8, 4) is 0 Å². The minimum absolute atomic E-state index is 0.0331. The summed E-state index contributed by atoms with van der Waals surface area (Å²) in [6.45, 7) is 2.08. The number of nitrogens with zero attached hydrogens (tertiary/aromatic N) is 3. The fourth-order valence-corrected chi connectivity index (χ4v) is 4.24. The van der Waals surface area contributed by atoms with Crippen LogP contribution in [0.25, 0.3) is 0 Å². The molecule has 4 rings (SSSR count). The normalized spacial score (nSPS) is 23.9. The van der Waals surface area contributed by atoms with Gasteiger partial charge >= 0.3 is 0 Å². The summed E-state index contributed by atoms with van der Waals surface area (Å²) in [5.74, 6) is 0.201. The molecule has 2 aromatic rings. The fraction of sp³-hybridized carbons (Fsp3) is 0.353. The molecule has 2 amide bonds. The van der Waals surface area contributed by atoms with Crippen LogP contribution in [0.15, 0.2) is 41.4 Å². The van der Waals surface area contributed by atoms with Gasteiger partial charge in [-0.05, 0) is 30.0 Å². The van der Waals surface area contributed by atoms with Crippen LogP contribution >= 0.6 is 11.3 Å². The molecule has 1 atom stereocenters. The Bertz CT molecular complexity index is 732. The molecule has 5 nitrogen and oxygen atoms in total. The summed E-state index contributed by atoms with van der Waals surface area (Å²) < 4.78 is 0. The SMILES string of the molecule is O=C(c1ccncc1)N1CC[C@@]2(CC(=O)N(c3ccsc3)C2)C1. The molecule has 0 radical (unpaired) electrons. The first kappa shape index (κ1) is 14.4. The van der Waals surface area contributed by atoms with E-state index >= 15 is 0 Å². The molecule has 0 bridgehead atoms. The van der Waals surface area contributed by atoms with E-state index in [1.807, 2.05) is 26.6 Å². The maximum Gasteiger partial charge on any atom is 0.253 e. The van der Waals surface area contributed by atoms with Crippen LogP contribution in [0.3, 0.4) is 0 Å². The predicted molar refractivity (Wildman–Crippen MR) is 88.5 cm³/mol. The van der Waals surface area contributed by atoms with Crippen molar-refractivity contribution in [3.05, 3.63) is 46.9 Å². The molecule has 0 saturated carbocycles. The van der Waals surface area contributed by atoms with Gasteiger partial charge in [0.15, 0.2) is 0 Å². The van der Waals surface area contributed by atoms with Gasteiger partial charge in [-0.3, -0.25) is 14.6 Å². The van der Waals surface area contributed by atoms with Gasteiger partial charge in [-0.15, -0.1) is 0 Å². The zero-order chi connectivity index (χ0) is 15.9. The summed E-state index contributed by atoms with van der Waals surface area (Å²) >= 11 is 1.60. The number of thiophene rings is 1. The van der Waals surface area contributed by atoms with Crippen LogP contribution in [-0.2, 0) is 4.79 Å². The van der Waals surface area contributed by atoms with Gasteiger partial charge in [0.25, 0.3) is 5.91 Å². The van der Waals surface area contributed by atoms with E-state index in [1.165, 1.54) is 0 Å². The van der Waals surface area contributed by atoms with Gasteiger partial charge in [0.2, 0.25) is 5.91 Å². The van der Waals surface area contributed by atoms with Gasteiger partial charge in [-0.1, -0.05) is 0 Å².